The number of ether oxygens (including phenoxy) is 1. The Morgan fingerprint density at radius 1 is 1.23 bits per heavy atom. The van der Waals surface area contributed by atoms with Crippen molar-refractivity contribution in [3.8, 4) is 5.82 Å². The highest BCUT2D eigenvalue weighted by atomic mass is 16.5. The lowest BCUT2D eigenvalue weighted by molar-refractivity contribution is -0.0681. The number of morpholine rings is 1. The topological polar surface area (TPSA) is 64.3 Å². The highest BCUT2D eigenvalue weighted by molar-refractivity contribution is 5.97. The van der Waals surface area contributed by atoms with Crippen LogP contribution >= 0.6 is 0 Å². The largest absolute Gasteiger partial charge is 0.373 e. The number of unbranched alkanes of at least 4 members (excludes halogenated alkanes) is 1. The Morgan fingerprint density at radius 2 is 1.92 bits per heavy atom. The van der Waals surface area contributed by atoms with Gasteiger partial charge in [0.15, 0.2) is 0 Å². The van der Waals surface area contributed by atoms with Crippen molar-refractivity contribution in [1.82, 2.24) is 24.6 Å². The summed E-state index contributed by atoms with van der Waals surface area (Å²) < 4.78 is 9.38. The molecular weight excluding hydrogens is 330 g/mol. The van der Waals surface area contributed by atoms with E-state index in [1.807, 2.05) is 36.1 Å². The van der Waals surface area contributed by atoms with E-state index >= 15 is 0 Å². The van der Waals surface area contributed by atoms with Crippen LogP contribution in [0.5, 0.6) is 0 Å². The normalized spacial score (nSPS) is 21.0. The Bertz CT molecular complexity index is 700. The summed E-state index contributed by atoms with van der Waals surface area (Å²) in [5, 5.41) is 7.25. The summed E-state index contributed by atoms with van der Waals surface area (Å²) in [5.74, 6) is 0.708. The predicted molar refractivity (Wildman–Crippen MR) is 101 cm³/mol. The first kappa shape index (κ1) is 18.7. The van der Waals surface area contributed by atoms with Gasteiger partial charge < -0.3 is 14.6 Å². The van der Waals surface area contributed by atoms with E-state index in [0.717, 1.165) is 38.3 Å². The molecule has 1 amide bonds. The zero-order chi connectivity index (χ0) is 18.5. The molecule has 0 saturated carbocycles. The molecule has 142 valence electrons. The first-order valence-corrected chi connectivity index (χ1v) is 9.36. The third kappa shape index (κ3) is 4.53. The predicted octanol–water partition coefficient (Wildman–Crippen LogP) is 1.83. The van der Waals surface area contributed by atoms with E-state index in [1.165, 1.54) is 0 Å². The molecular formula is C19H29N5O2. The average molecular weight is 359 g/mol. The molecule has 0 bridgehead atoms. The molecule has 3 heterocycles. The Hall–Kier alpha value is -2.12. The summed E-state index contributed by atoms with van der Waals surface area (Å²) in [7, 11) is 1.84. The van der Waals surface area contributed by atoms with Gasteiger partial charge in [-0.2, -0.15) is 5.10 Å². The third-order valence-electron chi connectivity index (χ3n) is 4.68. The van der Waals surface area contributed by atoms with Crippen molar-refractivity contribution in [2.24, 2.45) is 7.05 Å². The fourth-order valence-corrected chi connectivity index (χ4v) is 3.60. The Morgan fingerprint density at radius 3 is 2.62 bits per heavy atom. The van der Waals surface area contributed by atoms with Gasteiger partial charge in [-0.25, -0.2) is 0 Å². The van der Waals surface area contributed by atoms with Gasteiger partial charge in [-0.3, -0.25) is 14.4 Å². The molecule has 2 atom stereocenters. The van der Waals surface area contributed by atoms with Gasteiger partial charge >= 0.3 is 0 Å². The minimum absolute atomic E-state index is 0.0737. The molecule has 2 aromatic rings. The number of carbonyl (C=O) groups excluding carboxylic acids is 1. The van der Waals surface area contributed by atoms with E-state index in [1.54, 1.807) is 10.9 Å². The van der Waals surface area contributed by atoms with Gasteiger partial charge in [0.25, 0.3) is 5.91 Å². The molecule has 2 unspecified atom stereocenters. The maximum absolute atomic E-state index is 12.5. The van der Waals surface area contributed by atoms with Crippen LogP contribution in [0.15, 0.2) is 30.7 Å². The second-order valence-corrected chi connectivity index (χ2v) is 7.08. The lowest BCUT2D eigenvalue weighted by atomic mass is 10.2. The number of aromatic nitrogens is 3. The van der Waals surface area contributed by atoms with Crippen LogP contribution < -0.4 is 5.32 Å². The number of hydrogen-bond acceptors (Lipinski definition) is 4. The molecule has 0 aromatic carbocycles. The molecule has 1 saturated heterocycles. The van der Waals surface area contributed by atoms with E-state index in [9.17, 15) is 4.79 Å². The summed E-state index contributed by atoms with van der Waals surface area (Å²) in [6, 6.07) is 3.87. The van der Waals surface area contributed by atoms with Crippen molar-refractivity contribution >= 4 is 5.91 Å². The van der Waals surface area contributed by atoms with E-state index in [4.69, 9.17) is 4.74 Å². The van der Waals surface area contributed by atoms with Crippen molar-refractivity contribution in [3.05, 3.63) is 36.3 Å². The van der Waals surface area contributed by atoms with Crippen LogP contribution in [-0.4, -0.2) is 63.5 Å². The zero-order valence-electron chi connectivity index (χ0n) is 15.9. The van der Waals surface area contributed by atoms with Crippen LogP contribution in [0.3, 0.4) is 0 Å². The third-order valence-corrected chi connectivity index (χ3v) is 4.68. The van der Waals surface area contributed by atoms with Crippen LogP contribution in [0.2, 0.25) is 0 Å². The second kappa shape index (κ2) is 8.51. The maximum atomic E-state index is 12.5. The molecule has 2 aromatic heterocycles. The Balaban J connectivity index is 1.44. The molecule has 7 nitrogen and oxygen atoms in total. The van der Waals surface area contributed by atoms with Gasteiger partial charge in [0, 0.05) is 39.1 Å². The van der Waals surface area contributed by atoms with Gasteiger partial charge in [0.1, 0.15) is 11.4 Å². The number of nitrogens with one attached hydrogen (secondary N) is 1. The maximum Gasteiger partial charge on any atom is 0.256 e. The number of hydrogen-bond donors (Lipinski definition) is 1. The minimum Gasteiger partial charge on any atom is -0.373 e. The van der Waals surface area contributed by atoms with Crippen molar-refractivity contribution in [2.75, 3.05) is 26.2 Å². The number of rotatable bonds is 7. The van der Waals surface area contributed by atoms with Crippen LogP contribution in [-0.2, 0) is 11.8 Å². The number of aryl methyl sites for hydroxylation is 1. The van der Waals surface area contributed by atoms with Crippen LogP contribution in [0.25, 0.3) is 5.82 Å². The molecule has 1 aliphatic heterocycles. The van der Waals surface area contributed by atoms with E-state index in [2.05, 4.69) is 29.2 Å². The lowest BCUT2D eigenvalue weighted by Crippen LogP contribution is -2.45. The first-order valence-electron chi connectivity index (χ1n) is 9.36. The molecule has 1 N–H and O–H groups in total. The van der Waals surface area contributed by atoms with E-state index in [-0.39, 0.29) is 5.91 Å². The van der Waals surface area contributed by atoms with Crippen molar-refractivity contribution in [3.63, 3.8) is 0 Å². The highest BCUT2D eigenvalue weighted by Gasteiger charge is 2.21. The van der Waals surface area contributed by atoms with Gasteiger partial charge in [0.05, 0.1) is 18.4 Å². The second-order valence-electron chi connectivity index (χ2n) is 7.08. The first-order chi connectivity index (χ1) is 12.5. The van der Waals surface area contributed by atoms with Crippen molar-refractivity contribution in [1.29, 1.82) is 0 Å². The van der Waals surface area contributed by atoms with Crippen molar-refractivity contribution in [2.45, 2.75) is 38.9 Å². The summed E-state index contributed by atoms with van der Waals surface area (Å²) >= 11 is 0. The van der Waals surface area contributed by atoms with E-state index in [0.29, 0.717) is 24.3 Å². The fourth-order valence-electron chi connectivity index (χ4n) is 3.60. The van der Waals surface area contributed by atoms with Crippen LogP contribution in [0.4, 0.5) is 0 Å². The number of carbonyl (C=O) groups is 1. The summed E-state index contributed by atoms with van der Waals surface area (Å²) in [6.07, 6.45) is 8.09. The van der Waals surface area contributed by atoms with Gasteiger partial charge in [-0.1, -0.05) is 0 Å². The monoisotopic (exact) mass is 359 g/mol. The zero-order valence-corrected chi connectivity index (χ0v) is 15.9. The van der Waals surface area contributed by atoms with Gasteiger partial charge in [0.2, 0.25) is 0 Å². The number of nitrogens with zero attached hydrogens (tertiary/aromatic N) is 4. The highest BCUT2D eigenvalue weighted by Crippen LogP contribution is 2.14. The smallest absolute Gasteiger partial charge is 0.256 e. The molecule has 26 heavy (non-hydrogen) atoms. The van der Waals surface area contributed by atoms with Crippen LogP contribution in [0, 0.1) is 0 Å². The number of amides is 1. The Kier molecular flexibility index (Phi) is 6.11. The van der Waals surface area contributed by atoms with Gasteiger partial charge in [-0.05, 0) is 45.4 Å². The SMILES string of the molecule is CC1CN(CCCCNC(=O)c2cnn(C)c2-n2cccc2)CC(C)O1. The standard InChI is InChI=1S/C19H29N5O2/c1-15-13-23(14-16(2)26-15)9-5-4-8-20-18(25)17-12-21-22(3)19(17)24-10-6-7-11-24/h6-7,10-12,15-16H,4-5,8-9,13-14H2,1-3H3,(H,20,25). The Labute approximate surface area is 154 Å². The van der Waals surface area contributed by atoms with E-state index < -0.39 is 0 Å². The quantitative estimate of drug-likeness (QED) is 0.766. The molecule has 1 fully saturated rings. The molecule has 0 spiro atoms. The summed E-state index contributed by atoms with van der Waals surface area (Å²) in [4.78, 5) is 15.0. The molecule has 3 rings (SSSR count). The lowest BCUT2D eigenvalue weighted by Gasteiger charge is -2.35. The fraction of sp³-hybridized carbons (Fsp3) is 0.579. The summed E-state index contributed by atoms with van der Waals surface area (Å²) in [6.45, 7) is 7.96. The van der Waals surface area contributed by atoms with Crippen LogP contribution in [0.1, 0.15) is 37.0 Å². The minimum atomic E-state index is -0.0737. The molecule has 0 radical (unpaired) electrons. The molecule has 1 aliphatic rings. The average Bonchev–Trinajstić information content (AvgIpc) is 3.22. The van der Waals surface area contributed by atoms with Crippen molar-refractivity contribution < 1.29 is 9.53 Å². The van der Waals surface area contributed by atoms with Gasteiger partial charge in [-0.15, -0.1) is 0 Å². The molecule has 0 aliphatic carbocycles. The molecule has 7 heteroatoms. The summed E-state index contributed by atoms with van der Waals surface area (Å²) in [5.41, 5.74) is 0.597.